The number of alkyl halides is 3. The van der Waals surface area contributed by atoms with Gasteiger partial charge in [0.05, 0.1) is 29.1 Å². The predicted octanol–water partition coefficient (Wildman–Crippen LogP) is 5.48. The van der Waals surface area contributed by atoms with Gasteiger partial charge in [0.1, 0.15) is 6.04 Å². The van der Waals surface area contributed by atoms with Crippen molar-refractivity contribution in [1.82, 2.24) is 4.90 Å². The highest BCUT2D eigenvalue weighted by Gasteiger charge is 2.64. The second-order valence-electron chi connectivity index (χ2n) is 10.3. The number of imide groups is 1. The molecule has 6 rings (SSSR count). The van der Waals surface area contributed by atoms with E-state index < -0.39 is 53.4 Å². The van der Waals surface area contributed by atoms with E-state index >= 15 is 0 Å². The van der Waals surface area contributed by atoms with Crippen molar-refractivity contribution in [3.8, 4) is 0 Å². The molecular weight excluding hydrogens is 507 g/mol. The summed E-state index contributed by atoms with van der Waals surface area (Å²) in [5, 5.41) is 2.58. The van der Waals surface area contributed by atoms with Crippen molar-refractivity contribution in [1.29, 1.82) is 0 Å². The van der Waals surface area contributed by atoms with Crippen LogP contribution < -0.4 is 10.2 Å². The molecule has 3 aliphatic rings. The summed E-state index contributed by atoms with van der Waals surface area (Å²) in [6.07, 6.45) is -1.07. The van der Waals surface area contributed by atoms with Gasteiger partial charge in [-0.2, -0.15) is 13.2 Å². The molecule has 3 aromatic carbocycles. The molecule has 0 unspecified atom stereocenters. The molecule has 2 fully saturated rings. The first kappa shape index (κ1) is 24.9. The van der Waals surface area contributed by atoms with Crippen LogP contribution in [0, 0.1) is 25.7 Å². The Balaban J connectivity index is 1.43. The number of benzene rings is 3. The first-order valence-corrected chi connectivity index (χ1v) is 12.5. The van der Waals surface area contributed by atoms with Crippen LogP contribution in [0.2, 0.25) is 0 Å². The Morgan fingerprint density at radius 3 is 2.28 bits per heavy atom. The Morgan fingerprint density at radius 2 is 1.56 bits per heavy atom. The van der Waals surface area contributed by atoms with Gasteiger partial charge in [-0.3, -0.25) is 14.4 Å². The van der Waals surface area contributed by atoms with Gasteiger partial charge in [-0.05, 0) is 72.5 Å². The molecule has 2 saturated heterocycles. The van der Waals surface area contributed by atoms with Crippen molar-refractivity contribution in [2.24, 2.45) is 11.8 Å². The molecule has 3 aliphatic heterocycles. The van der Waals surface area contributed by atoms with Crippen molar-refractivity contribution in [2.45, 2.75) is 32.1 Å². The molecule has 0 radical (unpaired) electrons. The van der Waals surface area contributed by atoms with E-state index in [0.717, 1.165) is 39.3 Å². The molecule has 0 aliphatic carbocycles. The fourth-order valence-electron chi connectivity index (χ4n) is 6.18. The van der Waals surface area contributed by atoms with Gasteiger partial charge in [0.25, 0.3) is 0 Å². The maximum Gasteiger partial charge on any atom is 0.416 e. The van der Waals surface area contributed by atoms with Gasteiger partial charge < -0.3 is 10.2 Å². The second-order valence-corrected chi connectivity index (χ2v) is 10.3. The quantitative estimate of drug-likeness (QED) is 0.455. The summed E-state index contributed by atoms with van der Waals surface area (Å²) in [5.74, 6) is -3.42. The summed E-state index contributed by atoms with van der Waals surface area (Å²) in [7, 11) is 0. The summed E-state index contributed by atoms with van der Waals surface area (Å²) in [4.78, 5) is 44.5. The van der Waals surface area contributed by atoms with E-state index in [-0.39, 0.29) is 5.69 Å². The lowest BCUT2D eigenvalue weighted by atomic mass is 9.84. The average Bonchev–Trinajstić information content (AvgIpc) is 3.35. The molecular formula is C30H24F3N3O3. The molecule has 198 valence electrons. The molecule has 6 nitrogen and oxygen atoms in total. The number of rotatable bonds is 3. The molecule has 0 aromatic heterocycles. The Hall–Kier alpha value is -4.40. The lowest BCUT2D eigenvalue weighted by Crippen LogP contribution is -2.46. The van der Waals surface area contributed by atoms with E-state index in [1.54, 1.807) is 23.2 Å². The minimum atomic E-state index is -4.58. The monoisotopic (exact) mass is 531 g/mol. The van der Waals surface area contributed by atoms with Crippen molar-refractivity contribution >= 4 is 35.2 Å². The van der Waals surface area contributed by atoms with Gasteiger partial charge >= 0.3 is 6.18 Å². The van der Waals surface area contributed by atoms with Crippen LogP contribution in [0.5, 0.6) is 0 Å². The predicted molar refractivity (Wildman–Crippen MR) is 139 cm³/mol. The number of carbonyl (C=O) groups excluding carboxylic acids is 3. The van der Waals surface area contributed by atoms with Gasteiger partial charge in [0, 0.05) is 11.9 Å². The first-order chi connectivity index (χ1) is 18.5. The van der Waals surface area contributed by atoms with Crippen LogP contribution in [0.1, 0.15) is 33.9 Å². The van der Waals surface area contributed by atoms with Crippen molar-refractivity contribution in [2.75, 3.05) is 10.2 Å². The third kappa shape index (κ3) is 4.00. The largest absolute Gasteiger partial charge is 0.416 e. The third-order valence-electron chi connectivity index (χ3n) is 7.65. The topological polar surface area (TPSA) is 69.7 Å². The Labute approximate surface area is 222 Å². The molecule has 0 saturated carbocycles. The maximum atomic E-state index is 14.0. The van der Waals surface area contributed by atoms with E-state index in [1.165, 1.54) is 12.1 Å². The number of fused-ring (bicyclic) bond motifs is 5. The molecule has 9 heteroatoms. The summed E-state index contributed by atoms with van der Waals surface area (Å²) in [5.41, 5.74) is 2.96. The highest BCUT2D eigenvalue weighted by molar-refractivity contribution is 6.24. The van der Waals surface area contributed by atoms with E-state index in [9.17, 15) is 27.6 Å². The summed E-state index contributed by atoms with van der Waals surface area (Å²) in [6, 6.07) is 15.6. The fourth-order valence-corrected chi connectivity index (χ4v) is 6.18. The van der Waals surface area contributed by atoms with Crippen LogP contribution in [0.3, 0.4) is 0 Å². The lowest BCUT2D eigenvalue weighted by Gasteiger charge is -2.35. The fraction of sp³-hybridized carbons (Fsp3) is 0.233. The van der Waals surface area contributed by atoms with Crippen LogP contribution in [0.4, 0.5) is 24.5 Å². The summed E-state index contributed by atoms with van der Waals surface area (Å²) >= 11 is 0. The highest BCUT2D eigenvalue weighted by Crippen LogP contribution is 2.53. The van der Waals surface area contributed by atoms with Crippen molar-refractivity contribution < 1.29 is 27.6 Å². The molecule has 0 spiro atoms. The van der Waals surface area contributed by atoms with Crippen LogP contribution in [0.25, 0.3) is 6.08 Å². The molecule has 39 heavy (non-hydrogen) atoms. The van der Waals surface area contributed by atoms with Crippen LogP contribution in [-0.2, 0) is 20.6 Å². The summed E-state index contributed by atoms with van der Waals surface area (Å²) < 4.78 is 39.8. The van der Waals surface area contributed by atoms with Gasteiger partial charge in [-0.15, -0.1) is 0 Å². The molecule has 1 N–H and O–H groups in total. The highest BCUT2D eigenvalue weighted by atomic mass is 19.4. The van der Waals surface area contributed by atoms with Gasteiger partial charge in [-0.1, -0.05) is 36.4 Å². The normalized spacial score (nSPS) is 23.5. The van der Waals surface area contributed by atoms with E-state index in [4.69, 9.17) is 0 Å². The Kier molecular flexibility index (Phi) is 5.64. The van der Waals surface area contributed by atoms with Crippen molar-refractivity contribution in [3.05, 3.63) is 101 Å². The number of nitrogens with zero attached hydrogens (tertiary/aromatic N) is 2. The number of halogens is 3. The number of amides is 3. The van der Waals surface area contributed by atoms with Crippen molar-refractivity contribution in [3.63, 3.8) is 0 Å². The van der Waals surface area contributed by atoms with Gasteiger partial charge in [-0.25, -0.2) is 4.90 Å². The third-order valence-corrected chi connectivity index (χ3v) is 7.65. The van der Waals surface area contributed by atoms with Crippen LogP contribution in [-0.4, -0.2) is 28.7 Å². The zero-order chi connectivity index (χ0) is 27.6. The van der Waals surface area contributed by atoms with Crippen LogP contribution in [0.15, 0.2) is 72.9 Å². The first-order valence-electron chi connectivity index (χ1n) is 12.5. The van der Waals surface area contributed by atoms with Gasteiger partial charge in [0.2, 0.25) is 17.7 Å². The standard InChI is InChI=1S/C30H24F3N3O3/c1-16-12-17(2)14-21(13-16)36-28(38)23-24(29(36)39)26(35-11-10-18-6-3-4-9-22(18)25(23)35)27(37)34-20-8-5-7-19(15-20)30(31,32)33/h3-15,23-26H,1-2H3,(H,34,37)/t23-,24+,25+,26+/m0/s1. The number of hydrogen-bond acceptors (Lipinski definition) is 4. The molecule has 3 amide bonds. The second kappa shape index (κ2) is 8.83. The number of hydrogen-bond donors (Lipinski definition) is 1. The number of aryl methyl sites for hydroxylation is 2. The van der Waals surface area contributed by atoms with Gasteiger partial charge in [0.15, 0.2) is 0 Å². The zero-order valence-electron chi connectivity index (χ0n) is 21.1. The minimum Gasteiger partial charge on any atom is -0.357 e. The summed E-state index contributed by atoms with van der Waals surface area (Å²) in [6.45, 7) is 3.75. The van der Waals surface area contributed by atoms with E-state index in [0.29, 0.717) is 5.69 Å². The maximum absolute atomic E-state index is 14.0. The van der Waals surface area contributed by atoms with Crippen LogP contribution >= 0.6 is 0 Å². The smallest absolute Gasteiger partial charge is 0.357 e. The molecule has 0 bridgehead atoms. The van der Waals surface area contributed by atoms with E-state index in [2.05, 4.69) is 5.32 Å². The number of anilines is 2. The SMILES string of the molecule is Cc1cc(C)cc(N2C(=O)[C@@H]3[C@H](C2=O)[C@H]2c4ccccc4C=CN2[C@H]3C(=O)Nc2cccc(C(F)(F)F)c2)c1. The Morgan fingerprint density at radius 1 is 0.872 bits per heavy atom. The van der Waals surface area contributed by atoms with E-state index in [1.807, 2.05) is 50.3 Å². The number of nitrogens with one attached hydrogen (secondary N) is 1. The Bertz CT molecular complexity index is 1540. The molecule has 4 atom stereocenters. The average molecular weight is 532 g/mol. The number of carbonyl (C=O) groups is 3. The minimum absolute atomic E-state index is 0.0425. The molecule has 3 heterocycles. The molecule has 3 aromatic rings. The zero-order valence-corrected chi connectivity index (χ0v) is 21.1. The lowest BCUT2D eigenvalue weighted by molar-refractivity contribution is -0.137.